The lowest BCUT2D eigenvalue weighted by Crippen LogP contribution is -2.36. The van der Waals surface area contributed by atoms with Gasteiger partial charge in [-0.15, -0.1) is 0 Å². The summed E-state index contributed by atoms with van der Waals surface area (Å²) in [5.41, 5.74) is -0.282. The van der Waals surface area contributed by atoms with Gasteiger partial charge in [-0.05, 0) is 37.0 Å². The van der Waals surface area contributed by atoms with Gasteiger partial charge in [0.2, 0.25) is 10.0 Å². The molecule has 1 aliphatic rings. The average Bonchev–Trinajstić information content (AvgIpc) is 2.73. The number of halogens is 1. The number of aromatic carboxylic acids is 1. The maximum atomic E-state index is 13.8. The summed E-state index contributed by atoms with van der Waals surface area (Å²) in [7, 11) is -3.97. The molecule has 0 spiro atoms. The van der Waals surface area contributed by atoms with Crippen LogP contribution in [0.2, 0.25) is 0 Å². The molecule has 2 atom stereocenters. The van der Waals surface area contributed by atoms with E-state index in [0.717, 1.165) is 37.5 Å². The Morgan fingerprint density at radius 1 is 1.40 bits per heavy atom. The molecule has 0 aromatic heterocycles. The minimum absolute atomic E-state index is 0.196. The van der Waals surface area contributed by atoms with Crippen LogP contribution in [0.1, 0.15) is 36.5 Å². The van der Waals surface area contributed by atoms with Crippen LogP contribution in [0.5, 0.6) is 0 Å². The van der Waals surface area contributed by atoms with Crippen molar-refractivity contribution in [2.45, 2.75) is 37.1 Å². The molecule has 1 aliphatic carbocycles. The Labute approximate surface area is 116 Å². The fourth-order valence-corrected chi connectivity index (χ4v) is 3.87. The van der Waals surface area contributed by atoms with Crippen molar-refractivity contribution >= 4 is 16.0 Å². The molecular formula is C13H16FNO4S. The van der Waals surface area contributed by atoms with Crippen LogP contribution in [-0.4, -0.2) is 25.5 Å². The van der Waals surface area contributed by atoms with Crippen molar-refractivity contribution in [1.82, 2.24) is 4.72 Å². The SMILES string of the molecule is CC1CCCC1NS(=O)(=O)c1ccc(C(=O)O)cc1F. The molecule has 1 saturated carbocycles. The zero-order valence-electron chi connectivity index (χ0n) is 11.0. The highest BCUT2D eigenvalue weighted by atomic mass is 32.2. The standard InChI is InChI=1S/C13H16FNO4S/c1-8-3-2-4-11(8)15-20(18,19)12-6-5-9(13(16)17)7-10(12)14/h5-8,11,15H,2-4H2,1H3,(H,16,17). The quantitative estimate of drug-likeness (QED) is 0.891. The number of sulfonamides is 1. The Morgan fingerprint density at radius 3 is 2.60 bits per heavy atom. The van der Waals surface area contributed by atoms with Crippen LogP contribution in [0.3, 0.4) is 0 Å². The molecule has 0 amide bonds. The van der Waals surface area contributed by atoms with Crippen LogP contribution in [0.4, 0.5) is 4.39 Å². The predicted molar refractivity (Wildman–Crippen MR) is 70.5 cm³/mol. The van der Waals surface area contributed by atoms with Gasteiger partial charge in [-0.3, -0.25) is 0 Å². The van der Waals surface area contributed by atoms with Gasteiger partial charge >= 0.3 is 5.97 Å². The molecule has 1 aromatic rings. The number of carboxylic acid groups (broad SMARTS) is 1. The van der Waals surface area contributed by atoms with Gasteiger partial charge in [-0.25, -0.2) is 22.3 Å². The molecule has 20 heavy (non-hydrogen) atoms. The van der Waals surface area contributed by atoms with Crippen molar-refractivity contribution in [2.24, 2.45) is 5.92 Å². The molecule has 0 bridgehead atoms. The lowest BCUT2D eigenvalue weighted by atomic mass is 10.1. The third-order valence-corrected chi connectivity index (χ3v) is 5.16. The van der Waals surface area contributed by atoms with Gasteiger partial charge in [-0.1, -0.05) is 13.3 Å². The Balaban J connectivity index is 2.27. The fraction of sp³-hybridized carbons (Fsp3) is 0.462. The van der Waals surface area contributed by atoms with Crippen molar-refractivity contribution in [3.8, 4) is 0 Å². The van der Waals surface area contributed by atoms with Crippen molar-refractivity contribution < 1.29 is 22.7 Å². The minimum Gasteiger partial charge on any atom is -0.478 e. The second-order valence-corrected chi connectivity index (χ2v) is 6.77. The molecule has 2 unspecified atom stereocenters. The number of hydrogen-bond donors (Lipinski definition) is 2. The van der Waals surface area contributed by atoms with Crippen LogP contribution >= 0.6 is 0 Å². The van der Waals surface area contributed by atoms with Crippen LogP contribution in [0, 0.1) is 11.7 Å². The van der Waals surface area contributed by atoms with Gasteiger partial charge in [-0.2, -0.15) is 0 Å². The van der Waals surface area contributed by atoms with Gasteiger partial charge in [0.1, 0.15) is 10.7 Å². The molecule has 1 fully saturated rings. The molecule has 110 valence electrons. The number of carbonyl (C=O) groups is 1. The molecule has 0 saturated heterocycles. The number of rotatable bonds is 4. The maximum absolute atomic E-state index is 13.8. The van der Waals surface area contributed by atoms with E-state index in [1.165, 1.54) is 0 Å². The van der Waals surface area contributed by atoms with E-state index >= 15 is 0 Å². The van der Waals surface area contributed by atoms with E-state index in [1.807, 2.05) is 6.92 Å². The van der Waals surface area contributed by atoms with E-state index in [4.69, 9.17) is 5.11 Å². The molecule has 0 radical (unpaired) electrons. The average molecular weight is 301 g/mol. The Bertz CT molecular complexity index is 629. The minimum atomic E-state index is -3.97. The van der Waals surface area contributed by atoms with Crippen LogP contribution in [-0.2, 0) is 10.0 Å². The molecule has 5 nitrogen and oxygen atoms in total. The van der Waals surface area contributed by atoms with E-state index in [9.17, 15) is 17.6 Å². The molecule has 1 aromatic carbocycles. The lowest BCUT2D eigenvalue weighted by Gasteiger charge is -2.17. The van der Waals surface area contributed by atoms with Gasteiger partial charge in [0, 0.05) is 6.04 Å². The molecule has 0 aliphatic heterocycles. The molecule has 0 heterocycles. The summed E-state index contributed by atoms with van der Waals surface area (Å²) in [5.74, 6) is -2.14. The van der Waals surface area contributed by atoms with Crippen LogP contribution in [0.15, 0.2) is 23.1 Å². The largest absolute Gasteiger partial charge is 0.478 e. The van der Waals surface area contributed by atoms with E-state index in [-0.39, 0.29) is 17.5 Å². The van der Waals surface area contributed by atoms with Crippen molar-refractivity contribution in [1.29, 1.82) is 0 Å². The fourth-order valence-electron chi connectivity index (χ4n) is 2.44. The first-order valence-electron chi connectivity index (χ1n) is 6.36. The normalized spacial score (nSPS) is 22.9. The summed E-state index contributed by atoms with van der Waals surface area (Å²) >= 11 is 0. The van der Waals surface area contributed by atoms with E-state index in [2.05, 4.69) is 4.72 Å². The highest BCUT2D eigenvalue weighted by Gasteiger charge is 2.29. The first-order chi connectivity index (χ1) is 9.31. The number of nitrogens with one attached hydrogen (secondary N) is 1. The summed E-state index contributed by atoms with van der Waals surface area (Å²) in [5, 5.41) is 8.74. The maximum Gasteiger partial charge on any atom is 0.335 e. The zero-order valence-corrected chi connectivity index (χ0v) is 11.8. The molecular weight excluding hydrogens is 285 g/mol. The third-order valence-electron chi connectivity index (χ3n) is 3.64. The van der Waals surface area contributed by atoms with Crippen molar-refractivity contribution in [2.75, 3.05) is 0 Å². The number of benzene rings is 1. The Kier molecular flexibility index (Phi) is 4.10. The monoisotopic (exact) mass is 301 g/mol. The molecule has 2 N–H and O–H groups in total. The topological polar surface area (TPSA) is 83.5 Å². The van der Waals surface area contributed by atoms with Crippen LogP contribution < -0.4 is 4.72 Å². The van der Waals surface area contributed by atoms with Crippen LogP contribution in [0.25, 0.3) is 0 Å². The summed E-state index contributed by atoms with van der Waals surface area (Å²) in [6, 6.07) is 2.59. The van der Waals surface area contributed by atoms with E-state index < -0.39 is 26.7 Å². The summed E-state index contributed by atoms with van der Waals surface area (Å²) in [6.07, 6.45) is 2.61. The highest BCUT2D eigenvalue weighted by Crippen LogP contribution is 2.27. The summed E-state index contributed by atoms with van der Waals surface area (Å²) in [6.45, 7) is 1.95. The van der Waals surface area contributed by atoms with Gasteiger partial charge in [0.25, 0.3) is 0 Å². The highest BCUT2D eigenvalue weighted by molar-refractivity contribution is 7.89. The first-order valence-corrected chi connectivity index (χ1v) is 7.85. The predicted octanol–water partition coefficient (Wildman–Crippen LogP) is 1.99. The first kappa shape index (κ1) is 14.9. The van der Waals surface area contributed by atoms with Crippen molar-refractivity contribution in [3.63, 3.8) is 0 Å². The van der Waals surface area contributed by atoms with Gasteiger partial charge < -0.3 is 5.11 Å². The van der Waals surface area contributed by atoms with Gasteiger partial charge in [0.05, 0.1) is 5.56 Å². The second kappa shape index (κ2) is 5.49. The lowest BCUT2D eigenvalue weighted by molar-refractivity contribution is 0.0696. The smallest absolute Gasteiger partial charge is 0.335 e. The Morgan fingerprint density at radius 2 is 2.10 bits per heavy atom. The van der Waals surface area contributed by atoms with E-state index in [0.29, 0.717) is 0 Å². The van der Waals surface area contributed by atoms with Crippen molar-refractivity contribution in [3.05, 3.63) is 29.6 Å². The Hall–Kier alpha value is -1.47. The number of carboxylic acids is 1. The molecule has 7 heteroatoms. The van der Waals surface area contributed by atoms with E-state index in [1.54, 1.807) is 0 Å². The molecule has 2 rings (SSSR count). The third kappa shape index (κ3) is 2.99. The van der Waals surface area contributed by atoms with Gasteiger partial charge in [0.15, 0.2) is 0 Å². The second-order valence-electron chi connectivity index (χ2n) is 5.09. The summed E-state index contributed by atoms with van der Waals surface area (Å²) < 4.78 is 40.6. The number of hydrogen-bond acceptors (Lipinski definition) is 3. The summed E-state index contributed by atoms with van der Waals surface area (Å²) in [4.78, 5) is 10.2. The zero-order chi connectivity index (χ0) is 14.9.